The molecule has 5 nitrogen and oxygen atoms in total. The van der Waals surface area contributed by atoms with E-state index in [9.17, 15) is 4.79 Å². The van der Waals surface area contributed by atoms with E-state index < -0.39 is 0 Å². The fraction of sp³-hybridized carbons (Fsp3) is 0.263. The van der Waals surface area contributed by atoms with E-state index in [1.54, 1.807) is 30.3 Å². The van der Waals surface area contributed by atoms with Crippen molar-refractivity contribution in [3.8, 4) is 5.75 Å². The highest BCUT2D eigenvalue weighted by atomic mass is 35.5. The minimum Gasteiger partial charge on any atom is -0.482 e. The highest BCUT2D eigenvalue weighted by Gasteiger charge is 2.15. The van der Waals surface area contributed by atoms with Gasteiger partial charge in [0.1, 0.15) is 5.75 Å². The maximum atomic E-state index is 12.0. The first-order valence-corrected chi connectivity index (χ1v) is 9.72. The van der Waals surface area contributed by atoms with Crippen LogP contribution in [0.15, 0.2) is 42.5 Å². The second-order valence-electron chi connectivity index (χ2n) is 6.08. The molecule has 1 heterocycles. The molecule has 0 unspecified atom stereocenters. The van der Waals surface area contributed by atoms with Gasteiger partial charge in [-0.05, 0) is 55.4 Å². The van der Waals surface area contributed by atoms with Crippen molar-refractivity contribution in [1.82, 2.24) is 5.32 Å². The zero-order valence-electron chi connectivity index (χ0n) is 14.5. The van der Waals surface area contributed by atoms with Gasteiger partial charge in [-0.25, -0.2) is 0 Å². The van der Waals surface area contributed by atoms with E-state index in [1.807, 2.05) is 12.1 Å². The number of rotatable bonds is 5. The fourth-order valence-electron chi connectivity index (χ4n) is 2.83. The summed E-state index contributed by atoms with van der Waals surface area (Å²) in [6.07, 6.45) is 2.37. The first kappa shape index (κ1) is 19.7. The monoisotopic (exact) mass is 423 g/mol. The Bertz CT molecular complexity index is 841. The van der Waals surface area contributed by atoms with Crippen LogP contribution in [0.25, 0.3) is 0 Å². The molecule has 0 atom stereocenters. The number of nitrogens with zero attached hydrogens (tertiary/aromatic N) is 1. The van der Waals surface area contributed by atoms with Crippen LogP contribution in [0.2, 0.25) is 10.0 Å². The third kappa shape index (κ3) is 5.48. The summed E-state index contributed by atoms with van der Waals surface area (Å²) in [5, 5.41) is 6.79. The smallest absolute Gasteiger partial charge is 0.264 e. The van der Waals surface area contributed by atoms with Crippen LogP contribution in [0.4, 0.5) is 11.4 Å². The summed E-state index contributed by atoms with van der Waals surface area (Å²) < 4.78 is 5.38. The molecule has 0 saturated carbocycles. The molecule has 2 N–H and O–H groups in total. The quantitative estimate of drug-likeness (QED) is 0.693. The molecule has 1 amide bonds. The number of halogens is 2. The standard InChI is InChI=1S/C19H19Cl2N3O2S/c20-14-5-1-2-6-17(14)26-12-18(25)23-19(27)22-13-7-8-16(15(21)11-13)24-9-3-4-10-24/h1-2,5-8,11H,3-4,9-10,12H2,(H2,22,23,25,27). The highest BCUT2D eigenvalue weighted by Crippen LogP contribution is 2.31. The number of carbonyl (C=O) groups is 1. The number of para-hydroxylation sites is 1. The first-order valence-electron chi connectivity index (χ1n) is 8.55. The van der Waals surface area contributed by atoms with Crippen molar-refractivity contribution in [3.63, 3.8) is 0 Å². The maximum absolute atomic E-state index is 12.0. The van der Waals surface area contributed by atoms with Crippen LogP contribution in [0, 0.1) is 0 Å². The Labute approximate surface area is 173 Å². The Hall–Kier alpha value is -2.02. The lowest BCUT2D eigenvalue weighted by atomic mass is 10.2. The zero-order chi connectivity index (χ0) is 19.2. The van der Waals surface area contributed by atoms with Crippen molar-refractivity contribution in [2.75, 3.05) is 29.9 Å². The van der Waals surface area contributed by atoms with Gasteiger partial charge in [0, 0.05) is 18.8 Å². The number of anilines is 2. The number of thiocarbonyl (C=S) groups is 1. The van der Waals surface area contributed by atoms with Crippen LogP contribution in [-0.2, 0) is 4.79 Å². The maximum Gasteiger partial charge on any atom is 0.264 e. The minimum atomic E-state index is -0.382. The van der Waals surface area contributed by atoms with Crippen LogP contribution < -0.4 is 20.3 Å². The minimum absolute atomic E-state index is 0.174. The van der Waals surface area contributed by atoms with Gasteiger partial charge in [0.15, 0.2) is 11.7 Å². The molecule has 0 bridgehead atoms. The summed E-state index contributed by atoms with van der Waals surface area (Å²) in [5.41, 5.74) is 1.73. The molecule has 142 valence electrons. The lowest BCUT2D eigenvalue weighted by Gasteiger charge is -2.20. The van der Waals surface area contributed by atoms with E-state index in [4.69, 9.17) is 40.2 Å². The number of ether oxygens (including phenoxy) is 1. The number of nitrogens with one attached hydrogen (secondary N) is 2. The molecule has 1 fully saturated rings. The molecular formula is C19H19Cl2N3O2S. The van der Waals surface area contributed by atoms with E-state index in [2.05, 4.69) is 15.5 Å². The molecule has 0 radical (unpaired) electrons. The van der Waals surface area contributed by atoms with Gasteiger partial charge in [0.2, 0.25) is 0 Å². The van der Waals surface area contributed by atoms with Crippen LogP contribution >= 0.6 is 35.4 Å². The van der Waals surface area contributed by atoms with Crippen LogP contribution in [-0.4, -0.2) is 30.7 Å². The average Bonchev–Trinajstić information content (AvgIpc) is 3.15. The van der Waals surface area contributed by atoms with Crippen molar-refractivity contribution < 1.29 is 9.53 Å². The van der Waals surface area contributed by atoms with Crippen molar-refractivity contribution in [1.29, 1.82) is 0 Å². The van der Waals surface area contributed by atoms with Gasteiger partial charge in [-0.3, -0.25) is 10.1 Å². The third-order valence-corrected chi connectivity index (χ3v) is 4.92. The molecular weight excluding hydrogens is 405 g/mol. The van der Waals surface area contributed by atoms with Gasteiger partial charge in [0.05, 0.1) is 15.7 Å². The lowest BCUT2D eigenvalue weighted by Crippen LogP contribution is -2.37. The van der Waals surface area contributed by atoms with Crippen molar-refractivity contribution >= 4 is 57.8 Å². The number of amides is 1. The normalized spacial score (nSPS) is 13.3. The number of benzene rings is 2. The van der Waals surface area contributed by atoms with E-state index in [0.29, 0.717) is 21.5 Å². The summed E-state index contributed by atoms with van der Waals surface area (Å²) in [7, 11) is 0. The van der Waals surface area contributed by atoms with Gasteiger partial charge in [0.25, 0.3) is 5.91 Å². The van der Waals surface area contributed by atoms with Crippen LogP contribution in [0.1, 0.15) is 12.8 Å². The summed E-state index contributed by atoms with van der Waals surface area (Å²) in [5.74, 6) is 0.0599. The van der Waals surface area contributed by atoms with E-state index in [1.165, 1.54) is 12.8 Å². The Morgan fingerprint density at radius 1 is 1.11 bits per heavy atom. The van der Waals surface area contributed by atoms with Gasteiger partial charge in [-0.1, -0.05) is 35.3 Å². The number of carbonyl (C=O) groups excluding carboxylic acids is 1. The molecule has 2 aromatic rings. The number of hydrogen-bond acceptors (Lipinski definition) is 4. The van der Waals surface area contributed by atoms with Crippen molar-refractivity contribution in [2.45, 2.75) is 12.8 Å². The Kier molecular flexibility index (Phi) is 6.77. The second kappa shape index (κ2) is 9.26. The molecule has 1 aliphatic rings. The van der Waals surface area contributed by atoms with E-state index in [-0.39, 0.29) is 17.6 Å². The van der Waals surface area contributed by atoms with Gasteiger partial charge in [-0.15, -0.1) is 0 Å². The molecule has 1 saturated heterocycles. The Balaban J connectivity index is 1.50. The topological polar surface area (TPSA) is 53.6 Å². The lowest BCUT2D eigenvalue weighted by molar-refractivity contribution is -0.121. The van der Waals surface area contributed by atoms with E-state index in [0.717, 1.165) is 18.8 Å². The first-order chi connectivity index (χ1) is 13.0. The molecule has 1 aliphatic heterocycles. The summed E-state index contributed by atoms with van der Waals surface area (Å²) in [4.78, 5) is 14.2. The average molecular weight is 424 g/mol. The molecule has 0 aromatic heterocycles. The predicted octanol–water partition coefficient (Wildman–Crippen LogP) is 4.49. The molecule has 2 aromatic carbocycles. The summed E-state index contributed by atoms with van der Waals surface area (Å²) in [6, 6.07) is 12.6. The SMILES string of the molecule is O=C(COc1ccccc1Cl)NC(=S)Nc1ccc(N2CCCC2)c(Cl)c1. The van der Waals surface area contributed by atoms with Crippen molar-refractivity contribution in [2.24, 2.45) is 0 Å². The van der Waals surface area contributed by atoms with Crippen molar-refractivity contribution in [3.05, 3.63) is 52.5 Å². The third-order valence-electron chi connectivity index (χ3n) is 4.10. The molecule has 27 heavy (non-hydrogen) atoms. The molecule has 8 heteroatoms. The summed E-state index contributed by atoms with van der Waals surface area (Å²) >= 11 is 17.5. The molecule has 0 spiro atoms. The highest BCUT2D eigenvalue weighted by molar-refractivity contribution is 7.80. The zero-order valence-corrected chi connectivity index (χ0v) is 16.8. The fourth-order valence-corrected chi connectivity index (χ4v) is 3.55. The summed E-state index contributed by atoms with van der Waals surface area (Å²) in [6.45, 7) is 1.85. The molecule has 3 rings (SSSR count). The Morgan fingerprint density at radius 3 is 2.56 bits per heavy atom. The van der Waals surface area contributed by atoms with Crippen LogP contribution in [0.3, 0.4) is 0 Å². The van der Waals surface area contributed by atoms with Gasteiger partial charge in [-0.2, -0.15) is 0 Å². The Morgan fingerprint density at radius 2 is 1.85 bits per heavy atom. The van der Waals surface area contributed by atoms with E-state index >= 15 is 0 Å². The van der Waals surface area contributed by atoms with Gasteiger partial charge >= 0.3 is 0 Å². The predicted molar refractivity (Wildman–Crippen MR) is 114 cm³/mol. The molecule has 0 aliphatic carbocycles. The number of hydrogen-bond donors (Lipinski definition) is 2. The van der Waals surface area contributed by atoms with Crippen LogP contribution in [0.5, 0.6) is 5.75 Å². The second-order valence-corrected chi connectivity index (χ2v) is 7.30. The largest absolute Gasteiger partial charge is 0.482 e. The van der Waals surface area contributed by atoms with Gasteiger partial charge < -0.3 is 15.0 Å².